The van der Waals surface area contributed by atoms with E-state index in [2.05, 4.69) is 24.3 Å². The van der Waals surface area contributed by atoms with Crippen LogP contribution in [-0.4, -0.2) is 29.4 Å². The number of hydrogen-bond acceptors (Lipinski definition) is 4. The van der Waals surface area contributed by atoms with Gasteiger partial charge in [-0.3, -0.25) is 4.79 Å². The number of rotatable bonds is 10. The average molecular weight is 447 g/mol. The Morgan fingerprint density at radius 3 is 2.27 bits per heavy atom. The van der Waals surface area contributed by atoms with Crippen LogP contribution in [0.1, 0.15) is 41.2 Å². The van der Waals surface area contributed by atoms with Crippen molar-refractivity contribution in [2.45, 2.75) is 38.2 Å². The molecule has 1 aliphatic heterocycles. The highest BCUT2D eigenvalue weighted by Gasteiger charge is 2.23. The zero-order valence-electron chi connectivity index (χ0n) is 18.7. The van der Waals surface area contributed by atoms with Gasteiger partial charge in [-0.1, -0.05) is 60.7 Å². The SMILES string of the molecule is O=C(O)Cc1ccc(C[C@@H](CCCc2ccccc2)C(O)c2ccc3c(c2)OCCO3)cc1. The Labute approximate surface area is 194 Å². The summed E-state index contributed by atoms with van der Waals surface area (Å²) in [5.41, 5.74) is 3.99. The summed E-state index contributed by atoms with van der Waals surface area (Å²) in [4.78, 5) is 11.0. The number of aliphatic hydroxyl groups excluding tert-OH is 1. The number of fused-ring (bicyclic) bond motifs is 1. The molecule has 2 N–H and O–H groups in total. The lowest BCUT2D eigenvalue weighted by Gasteiger charge is -2.26. The van der Waals surface area contributed by atoms with Crippen molar-refractivity contribution in [2.75, 3.05) is 13.2 Å². The molecule has 2 atom stereocenters. The normalized spacial score (nSPS) is 14.5. The molecule has 4 rings (SSSR count). The van der Waals surface area contributed by atoms with Crippen LogP contribution in [0.15, 0.2) is 72.8 Å². The molecule has 0 saturated carbocycles. The van der Waals surface area contributed by atoms with Gasteiger partial charge in [0.1, 0.15) is 13.2 Å². The van der Waals surface area contributed by atoms with E-state index in [1.807, 2.05) is 48.5 Å². The molecule has 0 saturated heterocycles. The number of carboxylic acids is 1. The molecule has 1 aliphatic rings. The first-order chi connectivity index (χ1) is 16.1. The maximum atomic E-state index is 11.3. The maximum absolute atomic E-state index is 11.3. The minimum atomic E-state index is -0.837. The van der Waals surface area contributed by atoms with Crippen LogP contribution in [0.4, 0.5) is 0 Å². The average Bonchev–Trinajstić information content (AvgIpc) is 2.84. The number of carboxylic acid groups (broad SMARTS) is 1. The highest BCUT2D eigenvalue weighted by atomic mass is 16.6. The van der Waals surface area contributed by atoms with E-state index in [0.29, 0.717) is 31.1 Å². The summed E-state index contributed by atoms with van der Waals surface area (Å²) in [6.45, 7) is 1.05. The predicted octanol–water partition coefficient (Wildman–Crippen LogP) is 5.00. The molecule has 0 aliphatic carbocycles. The van der Waals surface area contributed by atoms with E-state index in [4.69, 9.17) is 14.6 Å². The third kappa shape index (κ3) is 6.36. The van der Waals surface area contributed by atoms with Gasteiger partial charge in [0, 0.05) is 0 Å². The molecule has 33 heavy (non-hydrogen) atoms. The molecular formula is C28H30O5. The van der Waals surface area contributed by atoms with Crippen LogP contribution in [0, 0.1) is 5.92 Å². The van der Waals surface area contributed by atoms with Crippen LogP contribution in [0.3, 0.4) is 0 Å². The molecule has 0 amide bonds. The Bertz CT molecular complexity index is 1050. The Morgan fingerprint density at radius 1 is 0.848 bits per heavy atom. The van der Waals surface area contributed by atoms with E-state index >= 15 is 0 Å². The van der Waals surface area contributed by atoms with Gasteiger partial charge in [-0.05, 0) is 66.0 Å². The van der Waals surface area contributed by atoms with E-state index in [1.54, 1.807) is 0 Å². The molecule has 3 aromatic rings. The fourth-order valence-corrected chi connectivity index (χ4v) is 4.37. The molecule has 0 bridgehead atoms. The maximum Gasteiger partial charge on any atom is 0.307 e. The molecular weight excluding hydrogens is 416 g/mol. The van der Waals surface area contributed by atoms with Crippen LogP contribution in [-0.2, 0) is 24.1 Å². The van der Waals surface area contributed by atoms with Crippen molar-refractivity contribution < 1.29 is 24.5 Å². The lowest BCUT2D eigenvalue weighted by Crippen LogP contribution is -2.18. The number of benzene rings is 3. The van der Waals surface area contributed by atoms with Crippen LogP contribution >= 0.6 is 0 Å². The van der Waals surface area contributed by atoms with Gasteiger partial charge in [0.15, 0.2) is 11.5 Å². The number of aliphatic carboxylic acids is 1. The Balaban J connectivity index is 1.49. The molecule has 1 heterocycles. The largest absolute Gasteiger partial charge is 0.486 e. The van der Waals surface area contributed by atoms with Crippen molar-refractivity contribution in [1.29, 1.82) is 0 Å². The Kier molecular flexibility index (Phi) is 7.63. The molecule has 5 nitrogen and oxygen atoms in total. The first-order valence-corrected chi connectivity index (χ1v) is 11.5. The van der Waals surface area contributed by atoms with E-state index in [0.717, 1.165) is 36.0 Å². The first kappa shape index (κ1) is 22.9. The van der Waals surface area contributed by atoms with Gasteiger partial charge in [-0.2, -0.15) is 0 Å². The highest BCUT2D eigenvalue weighted by Crippen LogP contribution is 2.36. The number of aliphatic hydroxyl groups is 1. The molecule has 0 fully saturated rings. The van der Waals surface area contributed by atoms with Gasteiger partial charge in [0.05, 0.1) is 12.5 Å². The second-order valence-electron chi connectivity index (χ2n) is 8.58. The quantitative estimate of drug-likeness (QED) is 0.458. The van der Waals surface area contributed by atoms with Gasteiger partial charge in [0.25, 0.3) is 0 Å². The molecule has 0 aromatic heterocycles. The third-order valence-corrected chi connectivity index (χ3v) is 6.11. The Hall–Kier alpha value is -3.31. The van der Waals surface area contributed by atoms with Crippen molar-refractivity contribution in [3.8, 4) is 11.5 Å². The zero-order valence-corrected chi connectivity index (χ0v) is 18.7. The Morgan fingerprint density at radius 2 is 1.55 bits per heavy atom. The van der Waals surface area contributed by atoms with Crippen LogP contribution in [0.2, 0.25) is 0 Å². The lowest BCUT2D eigenvalue weighted by atomic mass is 9.85. The molecule has 172 valence electrons. The lowest BCUT2D eigenvalue weighted by molar-refractivity contribution is -0.136. The molecule has 3 aromatic carbocycles. The molecule has 0 radical (unpaired) electrons. The van der Waals surface area contributed by atoms with E-state index in [9.17, 15) is 9.90 Å². The van der Waals surface area contributed by atoms with E-state index < -0.39 is 12.1 Å². The second-order valence-corrected chi connectivity index (χ2v) is 8.58. The fraction of sp³-hybridized carbons (Fsp3) is 0.321. The van der Waals surface area contributed by atoms with Crippen molar-refractivity contribution in [3.63, 3.8) is 0 Å². The summed E-state index contributed by atoms with van der Waals surface area (Å²) in [6, 6.07) is 23.7. The van der Waals surface area contributed by atoms with Gasteiger partial charge in [-0.25, -0.2) is 0 Å². The van der Waals surface area contributed by atoms with Crippen LogP contribution < -0.4 is 9.47 Å². The molecule has 0 spiro atoms. The number of carbonyl (C=O) groups is 1. The van der Waals surface area contributed by atoms with E-state index in [-0.39, 0.29) is 12.3 Å². The standard InChI is InChI=1S/C28H30O5/c29-27(30)18-22-11-9-21(10-12-22)17-23(8-4-7-20-5-2-1-3-6-20)28(31)24-13-14-25-26(19-24)33-16-15-32-25/h1-3,5-6,9-14,19,23,28,31H,4,7-8,15-18H2,(H,29,30)/t23-,28?/m1/s1. The summed E-state index contributed by atoms with van der Waals surface area (Å²) in [7, 11) is 0. The minimum absolute atomic E-state index is 0.0145. The smallest absolute Gasteiger partial charge is 0.307 e. The van der Waals surface area contributed by atoms with Crippen LogP contribution in [0.5, 0.6) is 11.5 Å². The number of hydrogen-bond donors (Lipinski definition) is 2. The van der Waals surface area contributed by atoms with Crippen molar-refractivity contribution >= 4 is 5.97 Å². The number of aryl methyl sites for hydroxylation is 1. The van der Waals surface area contributed by atoms with Gasteiger partial charge < -0.3 is 19.7 Å². The minimum Gasteiger partial charge on any atom is -0.486 e. The van der Waals surface area contributed by atoms with Crippen molar-refractivity contribution in [2.24, 2.45) is 5.92 Å². The van der Waals surface area contributed by atoms with Gasteiger partial charge in [0.2, 0.25) is 0 Å². The summed E-state index contributed by atoms with van der Waals surface area (Å²) in [5.74, 6) is 0.572. The summed E-state index contributed by atoms with van der Waals surface area (Å²) in [6.07, 6.45) is 2.87. The van der Waals surface area contributed by atoms with Crippen molar-refractivity contribution in [3.05, 3.63) is 95.1 Å². The molecule has 5 heteroatoms. The fourth-order valence-electron chi connectivity index (χ4n) is 4.37. The third-order valence-electron chi connectivity index (χ3n) is 6.11. The second kappa shape index (κ2) is 11.0. The topological polar surface area (TPSA) is 76.0 Å². The van der Waals surface area contributed by atoms with Crippen molar-refractivity contribution in [1.82, 2.24) is 0 Å². The predicted molar refractivity (Wildman–Crippen MR) is 127 cm³/mol. The first-order valence-electron chi connectivity index (χ1n) is 11.5. The number of ether oxygens (including phenoxy) is 2. The highest BCUT2D eigenvalue weighted by molar-refractivity contribution is 5.70. The van der Waals surface area contributed by atoms with Crippen LogP contribution in [0.25, 0.3) is 0 Å². The van der Waals surface area contributed by atoms with Gasteiger partial charge in [-0.15, -0.1) is 0 Å². The monoisotopic (exact) mass is 446 g/mol. The summed E-state index contributed by atoms with van der Waals surface area (Å²) >= 11 is 0. The van der Waals surface area contributed by atoms with Gasteiger partial charge >= 0.3 is 5.97 Å². The summed E-state index contributed by atoms with van der Waals surface area (Å²) in [5, 5.41) is 20.3. The molecule has 1 unspecified atom stereocenters. The van der Waals surface area contributed by atoms with E-state index in [1.165, 1.54) is 5.56 Å². The zero-order chi connectivity index (χ0) is 23.0. The summed E-state index contributed by atoms with van der Waals surface area (Å²) < 4.78 is 11.3.